The van der Waals surface area contributed by atoms with Gasteiger partial charge in [-0.3, -0.25) is 4.79 Å². The van der Waals surface area contributed by atoms with Crippen LogP contribution in [0.1, 0.15) is 62.4 Å². The number of benzene rings is 1. The second-order valence-electron chi connectivity index (χ2n) is 5.88. The van der Waals surface area contributed by atoms with Gasteiger partial charge in [-0.15, -0.1) is 0 Å². The highest BCUT2D eigenvalue weighted by atomic mass is 16.1. The molecule has 0 fully saturated rings. The van der Waals surface area contributed by atoms with Crippen LogP contribution in [0.15, 0.2) is 24.3 Å². The van der Waals surface area contributed by atoms with Gasteiger partial charge < -0.3 is 4.90 Å². The first kappa shape index (κ1) is 16.9. The second kappa shape index (κ2) is 8.91. The Kier molecular flexibility index (Phi) is 7.53. The molecule has 0 saturated carbocycles. The largest absolute Gasteiger partial charge is 0.300 e. The zero-order valence-corrected chi connectivity index (χ0v) is 13.5. The quantitative estimate of drug-likeness (QED) is 0.489. The summed E-state index contributed by atoms with van der Waals surface area (Å²) in [5.41, 5.74) is 2.04. The summed E-state index contributed by atoms with van der Waals surface area (Å²) < 4.78 is 0. The molecule has 0 amide bonds. The number of hydrogen-bond acceptors (Lipinski definition) is 2. The van der Waals surface area contributed by atoms with E-state index in [1.165, 1.54) is 24.8 Å². The fourth-order valence-electron chi connectivity index (χ4n) is 2.32. The monoisotopic (exact) mass is 275 g/mol. The lowest BCUT2D eigenvalue weighted by atomic mass is 10.1. The van der Waals surface area contributed by atoms with Crippen LogP contribution in [0.5, 0.6) is 0 Å². The SMILES string of the molecule is CCCCCN(CCC(=O)c1ccc(C)cc1)C(C)C. The fraction of sp³-hybridized carbons (Fsp3) is 0.611. The molecule has 2 heteroatoms. The minimum Gasteiger partial charge on any atom is -0.300 e. The maximum absolute atomic E-state index is 12.2. The molecule has 0 atom stereocenters. The molecule has 0 aliphatic heterocycles. The Morgan fingerprint density at radius 1 is 1.10 bits per heavy atom. The Labute approximate surface area is 124 Å². The van der Waals surface area contributed by atoms with Crippen molar-refractivity contribution in [2.24, 2.45) is 0 Å². The number of ketones is 1. The molecule has 1 rings (SSSR count). The lowest BCUT2D eigenvalue weighted by Crippen LogP contribution is -2.33. The van der Waals surface area contributed by atoms with Crippen molar-refractivity contribution in [2.75, 3.05) is 13.1 Å². The summed E-state index contributed by atoms with van der Waals surface area (Å²) in [7, 11) is 0. The molecule has 0 spiro atoms. The van der Waals surface area contributed by atoms with E-state index in [-0.39, 0.29) is 5.78 Å². The molecule has 0 N–H and O–H groups in total. The lowest BCUT2D eigenvalue weighted by molar-refractivity contribution is 0.0955. The molecule has 112 valence electrons. The van der Waals surface area contributed by atoms with Gasteiger partial charge in [-0.1, -0.05) is 49.6 Å². The van der Waals surface area contributed by atoms with E-state index < -0.39 is 0 Å². The molecule has 0 radical (unpaired) electrons. The van der Waals surface area contributed by atoms with Gasteiger partial charge in [-0.2, -0.15) is 0 Å². The molecule has 0 saturated heterocycles. The second-order valence-corrected chi connectivity index (χ2v) is 5.88. The van der Waals surface area contributed by atoms with Crippen LogP contribution in [0.4, 0.5) is 0 Å². The van der Waals surface area contributed by atoms with Crippen LogP contribution in [0.2, 0.25) is 0 Å². The average Bonchev–Trinajstić information content (AvgIpc) is 2.42. The summed E-state index contributed by atoms with van der Waals surface area (Å²) in [5.74, 6) is 0.256. The van der Waals surface area contributed by atoms with Crippen molar-refractivity contribution in [1.29, 1.82) is 0 Å². The van der Waals surface area contributed by atoms with Crippen LogP contribution >= 0.6 is 0 Å². The van der Waals surface area contributed by atoms with Gasteiger partial charge in [0, 0.05) is 24.6 Å². The first-order chi connectivity index (χ1) is 9.54. The van der Waals surface area contributed by atoms with Crippen molar-refractivity contribution >= 4 is 5.78 Å². The normalized spacial score (nSPS) is 11.3. The number of Topliss-reactive ketones (excluding diaryl/α,β-unsaturated/α-hetero) is 1. The van der Waals surface area contributed by atoms with Gasteiger partial charge in [-0.25, -0.2) is 0 Å². The molecule has 1 aromatic rings. The van der Waals surface area contributed by atoms with Crippen LogP contribution in [0.3, 0.4) is 0 Å². The van der Waals surface area contributed by atoms with E-state index in [0.717, 1.165) is 18.7 Å². The van der Waals surface area contributed by atoms with Crippen LogP contribution in [0.25, 0.3) is 0 Å². The van der Waals surface area contributed by atoms with E-state index in [0.29, 0.717) is 12.5 Å². The van der Waals surface area contributed by atoms with Gasteiger partial charge in [0.25, 0.3) is 0 Å². The predicted molar refractivity (Wildman–Crippen MR) is 86.4 cm³/mol. The third-order valence-electron chi connectivity index (χ3n) is 3.78. The van der Waals surface area contributed by atoms with Gasteiger partial charge in [-0.05, 0) is 33.7 Å². The third kappa shape index (κ3) is 5.87. The first-order valence-corrected chi connectivity index (χ1v) is 7.88. The predicted octanol–water partition coefficient (Wildman–Crippen LogP) is 4.47. The van der Waals surface area contributed by atoms with E-state index in [4.69, 9.17) is 0 Å². The summed E-state index contributed by atoms with van der Waals surface area (Å²) in [5, 5.41) is 0. The van der Waals surface area contributed by atoms with Crippen molar-refractivity contribution < 1.29 is 4.79 Å². The Morgan fingerprint density at radius 2 is 1.75 bits per heavy atom. The Bertz CT molecular complexity index is 394. The molecule has 1 aromatic carbocycles. The number of carbonyl (C=O) groups is 1. The molecule has 2 nitrogen and oxygen atoms in total. The molecule has 0 aliphatic rings. The molecule has 0 heterocycles. The summed E-state index contributed by atoms with van der Waals surface area (Å²) >= 11 is 0. The van der Waals surface area contributed by atoms with E-state index >= 15 is 0 Å². The van der Waals surface area contributed by atoms with Crippen molar-refractivity contribution in [1.82, 2.24) is 4.90 Å². The topological polar surface area (TPSA) is 20.3 Å². The van der Waals surface area contributed by atoms with Crippen LogP contribution in [-0.2, 0) is 0 Å². The van der Waals surface area contributed by atoms with Crippen molar-refractivity contribution in [2.45, 2.75) is 59.4 Å². The maximum atomic E-state index is 12.2. The van der Waals surface area contributed by atoms with Crippen LogP contribution in [0, 0.1) is 6.92 Å². The van der Waals surface area contributed by atoms with E-state index in [1.807, 2.05) is 31.2 Å². The number of rotatable bonds is 9. The minimum atomic E-state index is 0.256. The zero-order valence-electron chi connectivity index (χ0n) is 13.5. The molecule has 0 aromatic heterocycles. The van der Waals surface area contributed by atoms with Crippen LogP contribution in [-0.4, -0.2) is 29.8 Å². The third-order valence-corrected chi connectivity index (χ3v) is 3.78. The van der Waals surface area contributed by atoms with E-state index in [9.17, 15) is 4.79 Å². The molecule has 0 bridgehead atoms. The molecular weight excluding hydrogens is 246 g/mol. The van der Waals surface area contributed by atoms with Crippen molar-refractivity contribution in [3.8, 4) is 0 Å². The Balaban J connectivity index is 2.45. The number of carbonyl (C=O) groups excluding carboxylic acids is 1. The first-order valence-electron chi connectivity index (χ1n) is 7.88. The highest BCUT2D eigenvalue weighted by Crippen LogP contribution is 2.09. The van der Waals surface area contributed by atoms with Gasteiger partial charge >= 0.3 is 0 Å². The van der Waals surface area contributed by atoms with Crippen molar-refractivity contribution in [3.63, 3.8) is 0 Å². The summed E-state index contributed by atoms with van der Waals surface area (Å²) in [6, 6.07) is 8.41. The van der Waals surface area contributed by atoms with E-state index in [2.05, 4.69) is 25.7 Å². The number of unbranched alkanes of at least 4 members (excludes halogenated alkanes) is 2. The van der Waals surface area contributed by atoms with Gasteiger partial charge in [0.05, 0.1) is 0 Å². The summed E-state index contributed by atoms with van der Waals surface area (Å²) in [4.78, 5) is 14.6. The fourth-order valence-corrected chi connectivity index (χ4v) is 2.32. The minimum absolute atomic E-state index is 0.256. The number of aryl methyl sites for hydroxylation is 1. The lowest BCUT2D eigenvalue weighted by Gasteiger charge is -2.26. The highest BCUT2D eigenvalue weighted by Gasteiger charge is 2.12. The van der Waals surface area contributed by atoms with Crippen LogP contribution < -0.4 is 0 Å². The Morgan fingerprint density at radius 3 is 2.30 bits per heavy atom. The molecular formula is C18H29NO. The Hall–Kier alpha value is -1.15. The number of nitrogens with zero attached hydrogens (tertiary/aromatic N) is 1. The number of hydrogen-bond donors (Lipinski definition) is 0. The zero-order chi connectivity index (χ0) is 15.0. The standard InChI is InChI=1S/C18H29NO/c1-5-6-7-13-19(15(2)3)14-12-18(20)17-10-8-16(4)9-11-17/h8-11,15H,5-7,12-14H2,1-4H3. The summed E-state index contributed by atoms with van der Waals surface area (Å²) in [6.07, 6.45) is 4.37. The smallest absolute Gasteiger partial charge is 0.164 e. The van der Waals surface area contributed by atoms with Gasteiger partial charge in [0.15, 0.2) is 5.78 Å². The van der Waals surface area contributed by atoms with Gasteiger partial charge in [0.2, 0.25) is 0 Å². The van der Waals surface area contributed by atoms with E-state index in [1.54, 1.807) is 0 Å². The molecule has 20 heavy (non-hydrogen) atoms. The maximum Gasteiger partial charge on any atom is 0.164 e. The molecule has 0 unspecified atom stereocenters. The van der Waals surface area contributed by atoms with Crippen molar-refractivity contribution in [3.05, 3.63) is 35.4 Å². The van der Waals surface area contributed by atoms with Gasteiger partial charge in [0.1, 0.15) is 0 Å². The molecule has 0 aliphatic carbocycles. The average molecular weight is 275 g/mol. The highest BCUT2D eigenvalue weighted by molar-refractivity contribution is 5.96. The summed E-state index contributed by atoms with van der Waals surface area (Å²) in [6.45, 7) is 10.7.